The average molecular weight is 297 g/mol. The van der Waals surface area contributed by atoms with E-state index in [1.165, 1.54) is 0 Å². The molecular weight excluding hydrogens is 284 g/mol. The fourth-order valence-corrected chi connectivity index (χ4v) is 2.59. The van der Waals surface area contributed by atoms with Crippen molar-refractivity contribution in [2.45, 2.75) is 18.6 Å². The van der Waals surface area contributed by atoms with Gasteiger partial charge in [-0.3, -0.25) is 0 Å². The Kier molecular flexibility index (Phi) is 2.90. The van der Waals surface area contributed by atoms with Crippen LogP contribution < -0.4 is 5.32 Å². The summed E-state index contributed by atoms with van der Waals surface area (Å²) in [5.41, 5.74) is 1.70. The van der Waals surface area contributed by atoms with E-state index >= 15 is 0 Å². The van der Waals surface area contributed by atoms with Gasteiger partial charge in [0.2, 0.25) is 5.89 Å². The standard InChI is InChI=1S/C12H13BrN2O2/c1-16-7-5-10(14-6-7)12-15-9-4-2-3-8(13)11(9)17-12/h2-4,7,10,14H,5-6H2,1H3. The Morgan fingerprint density at radius 2 is 2.41 bits per heavy atom. The van der Waals surface area contributed by atoms with Crippen LogP contribution in [0.1, 0.15) is 18.4 Å². The lowest BCUT2D eigenvalue weighted by Crippen LogP contribution is -2.16. The van der Waals surface area contributed by atoms with Crippen LogP contribution in [0, 0.1) is 0 Å². The lowest BCUT2D eigenvalue weighted by Gasteiger charge is -2.04. The number of nitrogens with one attached hydrogen (secondary N) is 1. The van der Waals surface area contributed by atoms with E-state index in [0.717, 1.165) is 34.4 Å². The van der Waals surface area contributed by atoms with E-state index in [0.29, 0.717) is 0 Å². The molecule has 4 nitrogen and oxygen atoms in total. The summed E-state index contributed by atoms with van der Waals surface area (Å²) >= 11 is 3.47. The molecule has 2 unspecified atom stereocenters. The maximum atomic E-state index is 5.80. The predicted octanol–water partition coefficient (Wildman–Crippen LogP) is 2.64. The second-order valence-corrected chi connectivity index (χ2v) is 5.05. The maximum Gasteiger partial charge on any atom is 0.212 e. The number of halogens is 1. The van der Waals surface area contributed by atoms with Crippen molar-refractivity contribution in [3.63, 3.8) is 0 Å². The zero-order valence-electron chi connectivity index (χ0n) is 9.44. The molecule has 17 heavy (non-hydrogen) atoms. The number of para-hydroxylation sites is 1. The number of aromatic nitrogens is 1. The highest BCUT2D eigenvalue weighted by Crippen LogP contribution is 2.30. The molecule has 0 bridgehead atoms. The quantitative estimate of drug-likeness (QED) is 0.925. The van der Waals surface area contributed by atoms with Crippen molar-refractivity contribution in [1.82, 2.24) is 10.3 Å². The maximum absolute atomic E-state index is 5.80. The number of hydrogen-bond acceptors (Lipinski definition) is 4. The fourth-order valence-electron chi connectivity index (χ4n) is 2.15. The van der Waals surface area contributed by atoms with Crippen molar-refractivity contribution in [3.05, 3.63) is 28.6 Å². The Morgan fingerprint density at radius 1 is 1.53 bits per heavy atom. The van der Waals surface area contributed by atoms with Gasteiger partial charge in [0.25, 0.3) is 0 Å². The van der Waals surface area contributed by atoms with Gasteiger partial charge >= 0.3 is 0 Å². The van der Waals surface area contributed by atoms with Gasteiger partial charge in [0.05, 0.1) is 16.6 Å². The first kappa shape index (κ1) is 11.2. The van der Waals surface area contributed by atoms with Gasteiger partial charge in [0.1, 0.15) is 5.52 Å². The number of nitrogens with zero attached hydrogens (tertiary/aromatic N) is 1. The molecule has 0 aliphatic carbocycles. The molecule has 0 spiro atoms. The van der Waals surface area contributed by atoms with Crippen molar-refractivity contribution in [2.75, 3.05) is 13.7 Å². The first-order valence-corrected chi connectivity index (χ1v) is 6.38. The lowest BCUT2D eigenvalue weighted by molar-refractivity contribution is 0.116. The molecule has 1 aromatic carbocycles. The van der Waals surface area contributed by atoms with Crippen LogP contribution in [0.2, 0.25) is 0 Å². The van der Waals surface area contributed by atoms with Gasteiger partial charge in [-0.15, -0.1) is 0 Å². The Labute approximate surface area is 107 Å². The Bertz CT molecular complexity index is 540. The van der Waals surface area contributed by atoms with E-state index in [4.69, 9.17) is 9.15 Å². The van der Waals surface area contributed by atoms with Gasteiger partial charge in [-0.1, -0.05) is 6.07 Å². The summed E-state index contributed by atoms with van der Waals surface area (Å²) in [5.74, 6) is 0.742. The topological polar surface area (TPSA) is 47.3 Å². The molecule has 2 atom stereocenters. The van der Waals surface area contributed by atoms with Crippen LogP contribution in [-0.4, -0.2) is 24.7 Å². The summed E-state index contributed by atoms with van der Waals surface area (Å²) < 4.78 is 12.1. The Hall–Kier alpha value is -0.910. The average Bonchev–Trinajstić information content (AvgIpc) is 2.95. The number of oxazole rings is 1. The zero-order chi connectivity index (χ0) is 11.8. The first-order valence-electron chi connectivity index (χ1n) is 5.59. The van der Waals surface area contributed by atoms with E-state index in [-0.39, 0.29) is 12.1 Å². The second kappa shape index (κ2) is 4.40. The summed E-state index contributed by atoms with van der Waals surface area (Å²) in [7, 11) is 1.73. The number of hydrogen-bond donors (Lipinski definition) is 1. The molecule has 5 heteroatoms. The number of fused-ring (bicyclic) bond motifs is 1. The summed E-state index contributed by atoms with van der Waals surface area (Å²) in [6.45, 7) is 0.848. The minimum atomic E-state index is 0.152. The summed E-state index contributed by atoms with van der Waals surface area (Å²) in [6, 6.07) is 6.02. The highest BCUT2D eigenvalue weighted by Gasteiger charge is 2.28. The minimum absolute atomic E-state index is 0.152. The third-order valence-electron chi connectivity index (χ3n) is 3.11. The van der Waals surface area contributed by atoms with E-state index in [1.54, 1.807) is 7.11 Å². The van der Waals surface area contributed by atoms with Crippen LogP contribution in [0.25, 0.3) is 11.1 Å². The fraction of sp³-hybridized carbons (Fsp3) is 0.417. The molecule has 3 rings (SSSR count). The minimum Gasteiger partial charge on any atom is -0.438 e. The molecule has 1 aliphatic heterocycles. The second-order valence-electron chi connectivity index (χ2n) is 4.19. The van der Waals surface area contributed by atoms with E-state index in [9.17, 15) is 0 Å². The highest BCUT2D eigenvalue weighted by atomic mass is 79.9. The van der Waals surface area contributed by atoms with Crippen molar-refractivity contribution in [3.8, 4) is 0 Å². The molecule has 1 N–H and O–H groups in total. The van der Waals surface area contributed by atoms with Crippen LogP contribution in [0.4, 0.5) is 0 Å². The normalized spacial score (nSPS) is 24.6. The number of benzene rings is 1. The molecule has 1 fully saturated rings. The molecule has 1 aliphatic rings. The van der Waals surface area contributed by atoms with Gasteiger partial charge < -0.3 is 14.5 Å². The Morgan fingerprint density at radius 3 is 3.12 bits per heavy atom. The SMILES string of the molecule is COC1CNC(c2nc3cccc(Br)c3o2)C1. The number of methoxy groups -OCH3 is 1. The van der Waals surface area contributed by atoms with Crippen LogP contribution in [0.5, 0.6) is 0 Å². The van der Waals surface area contributed by atoms with Crippen molar-refractivity contribution >= 4 is 27.0 Å². The van der Waals surface area contributed by atoms with Crippen molar-refractivity contribution in [1.29, 1.82) is 0 Å². The van der Waals surface area contributed by atoms with E-state index < -0.39 is 0 Å². The third kappa shape index (κ3) is 1.99. The van der Waals surface area contributed by atoms with Crippen molar-refractivity contribution in [2.24, 2.45) is 0 Å². The van der Waals surface area contributed by atoms with Crippen LogP contribution in [0.3, 0.4) is 0 Å². The molecule has 0 radical (unpaired) electrons. The number of rotatable bonds is 2. The van der Waals surface area contributed by atoms with E-state index in [2.05, 4.69) is 26.2 Å². The smallest absolute Gasteiger partial charge is 0.212 e. The Balaban J connectivity index is 1.94. The van der Waals surface area contributed by atoms with Crippen molar-refractivity contribution < 1.29 is 9.15 Å². The van der Waals surface area contributed by atoms with Gasteiger partial charge in [0, 0.05) is 13.7 Å². The van der Waals surface area contributed by atoms with Gasteiger partial charge in [-0.2, -0.15) is 0 Å². The molecule has 0 amide bonds. The van der Waals surface area contributed by atoms with Crippen LogP contribution in [0.15, 0.2) is 27.1 Å². The molecule has 1 saturated heterocycles. The van der Waals surface area contributed by atoms with E-state index in [1.807, 2.05) is 18.2 Å². The van der Waals surface area contributed by atoms with Gasteiger partial charge in [-0.25, -0.2) is 4.98 Å². The molecule has 1 aromatic heterocycles. The summed E-state index contributed by atoms with van der Waals surface area (Å²) in [6.07, 6.45) is 1.15. The third-order valence-corrected chi connectivity index (χ3v) is 3.73. The van der Waals surface area contributed by atoms with Gasteiger partial charge in [-0.05, 0) is 34.5 Å². The first-order chi connectivity index (χ1) is 8.28. The molecule has 2 heterocycles. The molecule has 2 aromatic rings. The lowest BCUT2D eigenvalue weighted by atomic mass is 10.2. The molecular formula is C12H13BrN2O2. The van der Waals surface area contributed by atoms with Crippen LogP contribution in [-0.2, 0) is 4.74 Å². The predicted molar refractivity (Wildman–Crippen MR) is 67.9 cm³/mol. The summed E-state index contributed by atoms with van der Waals surface area (Å²) in [5, 5.41) is 3.36. The summed E-state index contributed by atoms with van der Waals surface area (Å²) in [4.78, 5) is 4.51. The number of ether oxygens (including phenoxy) is 1. The molecule has 0 saturated carbocycles. The highest BCUT2D eigenvalue weighted by molar-refractivity contribution is 9.10. The van der Waals surface area contributed by atoms with Crippen LogP contribution >= 0.6 is 15.9 Å². The monoisotopic (exact) mass is 296 g/mol. The molecule has 90 valence electrons. The van der Waals surface area contributed by atoms with Gasteiger partial charge in [0.15, 0.2) is 5.58 Å². The zero-order valence-corrected chi connectivity index (χ0v) is 11.0. The largest absolute Gasteiger partial charge is 0.438 e.